The van der Waals surface area contributed by atoms with Crippen LogP contribution in [-0.2, 0) is 6.54 Å². The number of amides is 1. The number of piperazine rings is 1. The average Bonchev–Trinajstić information content (AvgIpc) is 2.64. The summed E-state index contributed by atoms with van der Waals surface area (Å²) in [6.07, 6.45) is 0. The van der Waals surface area contributed by atoms with Gasteiger partial charge in [0.1, 0.15) is 0 Å². The molecule has 1 aliphatic heterocycles. The Hall–Kier alpha value is -2.16. The SMILES string of the molecule is N#Cc1cccc(C(=O)N2CCN(Cc3ccccc3Br)CC2)c1. The summed E-state index contributed by atoms with van der Waals surface area (Å²) in [7, 11) is 0. The highest BCUT2D eigenvalue weighted by molar-refractivity contribution is 9.10. The molecule has 5 heteroatoms. The summed E-state index contributed by atoms with van der Waals surface area (Å²) in [5.74, 6) is 0.00708. The summed E-state index contributed by atoms with van der Waals surface area (Å²) in [4.78, 5) is 16.8. The second kappa shape index (κ2) is 7.61. The molecular weight excluding hydrogens is 366 g/mol. The van der Waals surface area contributed by atoms with Crippen LogP contribution >= 0.6 is 15.9 Å². The molecule has 2 aromatic carbocycles. The van der Waals surface area contributed by atoms with E-state index in [0.29, 0.717) is 24.2 Å². The number of hydrogen-bond acceptors (Lipinski definition) is 3. The maximum atomic E-state index is 12.6. The van der Waals surface area contributed by atoms with E-state index in [1.165, 1.54) is 5.56 Å². The van der Waals surface area contributed by atoms with Crippen LogP contribution in [0, 0.1) is 11.3 Å². The maximum absolute atomic E-state index is 12.6. The predicted octanol–water partition coefficient (Wildman–Crippen LogP) is 3.28. The largest absolute Gasteiger partial charge is 0.336 e. The van der Waals surface area contributed by atoms with Crippen LogP contribution in [0.5, 0.6) is 0 Å². The Morgan fingerprint density at radius 3 is 2.54 bits per heavy atom. The van der Waals surface area contributed by atoms with E-state index in [-0.39, 0.29) is 5.91 Å². The molecule has 1 amide bonds. The summed E-state index contributed by atoms with van der Waals surface area (Å²) in [5.41, 5.74) is 2.38. The lowest BCUT2D eigenvalue weighted by Crippen LogP contribution is -2.48. The van der Waals surface area contributed by atoms with Crippen LogP contribution < -0.4 is 0 Å². The molecule has 1 heterocycles. The predicted molar refractivity (Wildman–Crippen MR) is 96.5 cm³/mol. The van der Waals surface area contributed by atoms with E-state index in [9.17, 15) is 4.79 Å². The van der Waals surface area contributed by atoms with Crippen molar-refractivity contribution in [1.29, 1.82) is 5.26 Å². The van der Waals surface area contributed by atoms with Gasteiger partial charge in [0.2, 0.25) is 0 Å². The van der Waals surface area contributed by atoms with E-state index in [1.807, 2.05) is 17.0 Å². The highest BCUT2D eigenvalue weighted by Crippen LogP contribution is 2.19. The molecule has 0 spiro atoms. The topological polar surface area (TPSA) is 47.3 Å². The van der Waals surface area contributed by atoms with Gasteiger partial charge in [-0.05, 0) is 29.8 Å². The third kappa shape index (κ3) is 3.84. The van der Waals surface area contributed by atoms with E-state index in [1.54, 1.807) is 24.3 Å². The van der Waals surface area contributed by atoms with Crippen LogP contribution in [0.15, 0.2) is 53.0 Å². The minimum atomic E-state index is 0.00708. The highest BCUT2D eigenvalue weighted by Gasteiger charge is 2.22. The highest BCUT2D eigenvalue weighted by atomic mass is 79.9. The molecule has 0 unspecified atom stereocenters. The molecule has 4 nitrogen and oxygen atoms in total. The number of nitriles is 1. The second-order valence-electron chi connectivity index (χ2n) is 5.85. The first-order valence-corrected chi connectivity index (χ1v) is 8.72. The van der Waals surface area contributed by atoms with Gasteiger partial charge in [0, 0.05) is 42.8 Å². The zero-order chi connectivity index (χ0) is 16.9. The Bertz CT molecular complexity index is 776. The zero-order valence-corrected chi connectivity index (χ0v) is 14.9. The Morgan fingerprint density at radius 2 is 1.83 bits per heavy atom. The zero-order valence-electron chi connectivity index (χ0n) is 13.3. The van der Waals surface area contributed by atoms with Crippen molar-refractivity contribution in [2.75, 3.05) is 26.2 Å². The molecule has 1 fully saturated rings. The summed E-state index contributed by atoms with van der Waals surface area (Å²) in [6, 6.07) is 17.2. The molecule has 0 aromatic heterocycles. The standard InChI is InChI=1S/C19H18BrN3O/c20-18-7-2-1-5-17(18)14-22-8-10-23(11-9-22)19(24)16-6-3-4-15(12-16)13-21/h1-7,12H,8-11,14H2. The van der Waals surface area contributed by atoms with Gasteiger partial charge < -0.3 is 4.90 Å². The lowest BCUT2D eigenvalue weighted by atomic mass is 10.1. The number of halogens is 1. The van der Waals surface area contributed by atoms with Crippen LogP contribution in [0.25, 0.3) is 0 Å². The monoisotopic (exact) mass is 383 g/mol. The van der Waals surface area contributed by atoms with Crippen LogP contribution in [0.4, 0.5) is 0 Å². The van der Waals surface area contributed by atoms with Crippen molar-refractivity contribution < 1.29 is 4.79 Å². The van der Waals surface area contributed by atoms with Gasteiger partial charge in [-0.2, -0.15) is 5.26 Å². The quantitative estimate of drug-likeness (QED) is 0.816. The molecule has 24 heavy (non-hydrogen) atoms. The first-order valence-electron chi connectivity index (χ1n) is 7.92. The average molecular weight is 384 g/mol. The normalized spacial score (nSPS) is 15.1. The smallest absolute Gasteiger partial charge is 0.253 e. The number of benzene rings is 2. The van der Waals surface area contributed by atoms with Crippen molar-refractivity contribution >= 4 is 21.8 Å². The molecule has 0 radical (unpaired) electrons. The molecule has 0 saturated carbocycles. The van der Waals surface area contributed by atoms with Gasteiger partial charge >= 0.3 is 0 Å². The van der Waals surface area contributed by atoms with Gasteiger partial charge in [0.25, 0.3) is 5.91 Å². The van der Waals surface area contributed by atoms with E-state index in [4.69, 9.17) is 5.26 Å². The first kappa shape index (κ1) is 16.7. The third-order valence-electron chi connectivity index (χ3n) is 4.25. The molecule has 1 saturated heterocycles. The number of carbonyl (C=O) groups excluding carboxylic acids is 1. The van der Waals surface area contributed by atoms with Crippen LogP contribution in [0.1, 0.15) is 21.5 Å². The fourth-order valence-electron chi connectivity index (χ4n) is 2.88. The Labute approximate surface area is 150 Å². The molecule has 0 aliphatic carbocycles. The van der Waals surface area contributed by atoms with Gasteiger partial charge in [-0.3, -0.25) is 9.69 Å². The molecule has 2 aromatic rings. The van der Waals surface area contributed by atoms with Crippen molar-refractivity contribution in [1.82, 2.24) is 9.80 Å². The van der Waals surface area contributed by atoms with Gasteiger partial charge in [-0.1, -0.05) is 40.2 Å². The van der Waals surface area contributed by atoms with Gasteiger partial charge in [0.15, 0.2) is 0 Å². The van der Waals surface area contributed by atoms with Gasteiger partial charge in [-0.15, -0.1) is 0 Å². The Morgan fingerprint density at radius 1 is 1.08 bits per heavy atom. The van der Waals surface area contributed by atoms with Crippen molar-refractivity contribution in [3.63, 3.8) is 0 Å². The number of hydrogen-bond donors (Lipinski definition) is 0. The van der Waals surface area contributed by atoms with Crippen LogP contribution in [-0.4, -0.2) is 41.9 Å². The number of rotatable bonds is 3. The molecular formula is C19H18BrN3O. The van der Waals surface area contributed by atoms with Crippen LogP contribution in [0.2, 0.25) is 0 Å². The third-order valence-corrected chi connectivity index (χ3v) is 5.02. The van der Waals surface area contributed by atoms with E-state index < -0.39 is 0 Å². The Balaban J connectivity index is 1.59. The summed E-state index contributed by atoms with van der Waals surface area (Å²) in [5, 5.41) is 8.97. The van der Waals surface area contributed by atoms with E-state index in [2.05, 4.69) is 39.0 Å². The molecule has 0 N–H and O–H groups in total. The number of nitrogens with zero attached hydrogens (tertiary/aromatic N) is 3. The Kier molecular flexibility index (Phi) is 5.29. The van der Waals surface area contributed by atoms with Gasteiger partial charge in [-0.25, -0.2) is 0 Å². The maximum Gasteiger partial charge on any atom is 0.253 e. The molecule has 122 valence electrons. The van der Waals surface area contributed by atoms with Crippen molar-refractivity contribution in [2.24, 2.45) is 0 Å². The minimum Gasteiger partial charge on any atom is -0.336 e. The van der Waals surface area contributed by atoms with Crippen LogP contribution in [0.3, 0.4) is 0 Å². The molecule has 3 rings (SSSR count). The minimum absolute atomic E-state index is 0.00708. The molecule has 1 aliphatic rings. The lowest BCUT2D eigenvalue weighted by Gasteiger charge is -2.35. The molecule has 0 bridgehead atoms. The first-order chi connectivity index (χ1) is 11.7. The summed E-state index contributed by atoms with van der Waals surface area (Å²) in [6.45, 7) is 4.00. The molecule has 0 atom stereocenters. The fraction of sp³-hybridized carbons (Fsp3) is 0.263. The second-order valence-corrected chi connectivity index (χ2v) is 6.71. The van der Waals surface area contributed by atoms with Crippen molar-refractivity contribution in [3.8, 4) is 6.07 Å². The van der Waals surface area contributed by atoms with Crippen molar-refractivity contribution in [3.05, 3.63) is 69.7 Å². The lowest BCUT2D eigenvalue weighted by molar-refractivity contribution is 0.0628. The number of carbonyl (C=O) groups is 1. The summed E-state index contributed by atoms with van der Waals surface area (Å²) >= 11 is 3.58. The van der Waals surface area contributed by atoms with E-state index in [0.717, 1.165) is 24.1 Å². The fourth-order valence-corrected chi connectivity index (χ4v) is 3.29. The van der Waals surface area contributed by atoms with Gasteiger partial charge in [0.05, 0.1) is 11.6 Å². The van der Waals surface area contributed by atoms with Crippen molar-refractivity contribution in [2.45, 2.75) is 6.54 Å². The van der Waals surface area contributed by atoms with E-state index >= 15 is 0 Å². The summed E-state index contributed by atoms with van der Waals surface area (Å²) < 4.78 is 1.12.